The third-order valence-electron chi connectivity index (χ3n) is 7.17. The van der Waals surface area contributed by atoms with Crippen molar-refractivity contribution in [2.45, 2.75) is 32.3 Å². The molecule has 0 bridgehead atoms. The van der Waals surface area contributed by atoms with Crippen LogP contribution in [-0.4, -0.2) is 91.1 Å². The lowest BCUT2D eigenvalue weighted by Gasteiger charge is -2.36. The molecule has 1 unspecified atom stereocenters. The van der Waals surface area contributed by atoms with Gasteiger partial charge in [-0.2, -0.15) is 0 Å². The summed E-state index contributed by atoms with van der Waals surface area (Å²) in [6, 6.07) is 5.90. The lowest BCUT2D eigenvalue weighted by atomic mass is 9.92. The molecule has 1 aromatic heterocycles. The van der Waals surface area contributed by atoms with Crippen molar-refractivity contribution in [1.82, 2.24) is 14.8 Å². The number of rotatable bonds is 5. The molecule has 3 aliphatic heterocycles. The molecule has 5 rings (SSSR count). The van der Waals surface area contributed by atoms with Crippen LogP contribution < -0.4 is 10.8 Å². The molecule has 0 spiro atoms. The van der Waals surface area contributed by atoms with Gasteiger partial charge in [0.05, 0.1) is 36.5 Å². The second-order valence-electron chi connectivity index (χ2n) is 10.3. The maximum Gasteiger partial charge on any atom is 0.256 e. The van der Waals surface area contributed by atoms with Gasteiger partial charge in [0.2, 0.25) is 0 Å². The first-order chi connectivity index (χ1) is 16.7. The third kappa shape index (κ3) is 4.81. The summed E-state index contributed by atoms with van der Waals surface area (Å²) in [5.41, 5.74) is 5.54. The molecule has 1 saturated heterocycles. The van der Waals surface area contributed by atoms with Gasteiger partial charge in [0.25, 0.3) is 11.8 Å². The Morgan fingerprint density at radius 3 is 2.74 bits per heavy atom. The van der Waals surface area contributed by atoms with E-state index in [-0.39, 0.29) is 18.4 Å². The number of hydrogen-bond acceptors (Lipinski definition) is 5. The quantitative estimate of drug-likeness (QED) is 0.433. The Bertz CT molecular complexity index is 1200. The number of carbonyl (C=O) groups excluding carboxylic acids is 2. The van der Waals surface area contributed by atoms with E-state index in [2.05, 4.69) is 15.2 Å². The number of aromatic amines is 1. The number of nitrogens with zero attached hydrogens (tertiary/aromatic N) is 2. The molecule has 1 atom stereocenters. The molecular formula is C26H33BN4O4. The molecule has 3 N–H and O–H groups in total. The lowest BCUT2D eigenvalue weighted by Crippen LogP contribution is -2.52. The van der Waals surface area contributed by atoms with Gasteiger partial charge in [-0.05, 0) is 44.4 Å². The largest absolute Gasteiger partial charge is 0.387 e. The molecule has 8 nitrogen and oxygen atoms in total. The number of aryl methyl sites for hydroxylation is 1. The van der Waals surface area contributed by atoms with Crippen molar-refractivity contribution in [3.05, 3.63) is 46.3 Å². The first-order valence-corrected chi connectivity index (χ1v) is 12.4. The molecule has 0 radical (unpaired) electrons. The number of ether oxygens (including phenoxy) is 1. The number of carbonyl (C=O) groups is 2. The van der Waals surface area contributed by atoms with E-state index in [1.807, 2.05) is 39.0 Å². The van der Waals surface area contributed by atoms with E-state index < -0.39 is 5.60 Å². The van der Waals surface area contributed by atoms with Gasteiger partial charge >= 0.3 is 0 Å². The zero-order chi connectivity index (χ0) is 24.7. The molecule has 9 heteroatoms. The molecule has 1 fully saturated rings. The van der Waals surface area contributed by atoms with Gasteiger partial charge in [-0.15, -0.1) is 0 Å². The van der Waals surface area contributed by atoms with E-state index in [1.165, 1.54) is 0 Å². The predicted molar refractivity (Wildman–Crippen MR) is 139 cm³/mol. The maximum atomic E-state index is 13.6. The van der Waals surface area contributed by atoms with E-state index in [4.69, 9.17) is 4.74 Å². The van der Waals surface area contributed by atoms with Gasteiger partial charge in [0, 0.05) is 48.8 Å². The minimum Gasteiger partial charge on any atom is -0.387 e. The summed E-state index contributed by atoms with van der Waals surface area (Å²) in [5.74, 6) is -0.202. The van der Waals surface area contributed by atoms with Gasteiger partial charge in [-0.3, -0.25) is 14.5 Å². The van der Waals surface area contributed by atoms with Gasteiger partial charge < -0.3 is 25.0 Å². The van der Waals surface area contributed by atoms with Crippen LogP contribution in [0.15, 0.2) is 18.2 Å². The molecule has 184 valence electrons. The Kier molecular flexibility index (Phi) is 6.33. The van der Waals surface area contributed by atoms with Crippen molar-refractivity contribution in [3.63, 3.8) is 0 Å². The molecular weight excluding hydrogens is 443 g/mol. The predicted octanol–water partition coefficient (Wildman–Crippen LogP) is 0.546. The van der Waals surface area contributed by atoms with E-state index in [9.17, 15) is 14.7 Å². The smallest absolute Gasteiger partial charge is 0.256 e. The summed E-state index contributed by atoms with van der Waals surface area (Å²) in [6.45, 7) is 8.04. The Morgan fingerprint density at radius 1 is 1.20 bits per heavy atom. The number of fused-ring (bicyclic) bond motifs is 2. The first-order valence-electron chi connectivity index (χ1n) is 12.4. The summed E-state index contributed by atoms with van der Waals surface area (Å²) in [6.07, 6.45) is 3.41. The molecule has 4 heterocycles. The minimum absolute atomic E-state index is 0.0646. The standard InChI is InChI=1S/C26H33BN4O4/c1-16-22(13-19-18-12-17(27)5-6-20(18)29-24(19)32)28-21-4-3-7-31(25(33)23(16)21)15-26(2,34)14-30-8-10-35-11-9-30/h5-6,12-13,28,34H,3-4,7-11,14-15,27H2,1-2H3,(H,29,32)/b19-13-. The van der Waals surface area contributed by atoms with Crippen LogP contribution in [0.3, 0.4) is 0 Å². The van der Waals surface area contributed by atoms with Gasteiger partial charge in [0.15, 0.2) is 0 Å². The number of benzene rings is 1. The normalized spacial score (nSPS) is 21.5. The summed E-state index contributed by atoms with van der Waals surface area (Å²) in [4.78, 5) is 33.7. The number of H-pyrrole nitrogens is 1. The zero-order valence-corrected chi connectivity index (χ0v) is 20.7. The van der Waals surface area contributed by atoms with Crippen LogP contribution >= 0.6 is 0 Å². The highest BCUT2D eigenvalue weighted by Crippen LogP contribution is 2.34. The van der Waals surface area contributed by atoms with Crippen LogP contribution in [0.4, 0.5) is 5.69 Å². The molecule has 35 heavy (non-hydrogen) atoms. The highest BCUT2D eigenvalue weighted by Gasteiger charge is 2.34. The summed E-state index contributed by atoms with van der Waals surface area (Å²) in [5, 5.41) is 14.1. The highest BCUT2D eigenvalue weighted by molar-refractivity contribution is 6.37. The fraction of sp³-hybridized carbons (Fsp3) is 0.462. The van der Waals surface area contributed by atoms with E-state index in [1.54, 1.807) is 11.8 Å². The number of amides is 2. The van der Waals surface area contributed by atoms with Crippen LogP contribution in [0.1, 0.15) is 46.2 Å². The van der Waals surface area contributed by atoms with Gasteiger partial charge in [-0.1, -0.05) is 17.6 Å². The number of nitrogens with one attached hydrogen (secondary N) is 2. The van der Waals surface area contributed by atoms with Crippen molar-refractivity contribution in [1.29, 1.82) is 0 Å². The van der Waals surface area contributed by atoms with Gasteiger partial charge in [-0.25, -0.2) is 0 Å². The number of β-amino-alcohol motifs (C(OH)–C–C–N with tert-alkyl or cyclic N) is 1. The number of aromatic nitrogens is 1. The van der Waals surface area contributed by atoms with Crippen LogP contribution in [-0.2, 0) is 16.0 Å². The minimum atomic E-state index is -1.02. The second kappa shape index (κ2) is 9.30. The number of aliphatic hydroxyl groups is 1. The Morgan fingerprint density at radius 2 is 1.97 bits per heavy atom. The van der Waals surface area contributed by atoms with Crippen molar-refractivity contribution >= 4 is 42.5 Å². The van der Waals surface area contributed by atoms with Crippen LogP contribution in [0.2, 0.25) is 0 Å². The van der Waals surface area contributed by atoms with Crippen molar-refractivity contribution < 1.29 is 19.4 Å². The maximum absolute atomic E-state index is 13.6. The van der Waals surface area contributed by atoms with Crippen LogP contribution in [0, 0.1) is 6.92 Å². The van der Waals surface area contributed by atoms with E-state index >= 15 is 0 Å². The Balaban J connectivity index is 1.40. The number of anilines is 1. The molecule has 1 aromatic carbocycles. The topological polar surface area (TPSA) is 97.9 Å². The van der Waals surface area contributed by atoms with Crippen molar-refractivity contribution in [2.75, 3.05) is 51.3 Å². The fourth-order valence-electron chi connectivity index (χ4n) is 5.45. The summed E-state index contributed by atoms with van der Waals surface area (Å²) < 4.78 is 5.41. The molecule has 3 aliphatic rings. The number of hydrogen-bond donors (Lipinski definition) is 3. The van der Waals surface area contributed by atoms with Crippen molar-refractivity contribution in [3.8, 4) is 0 Å². The first kappa shape index (κ1) is 23.8. The SMILES string of the molecule is Bc1ccc2c(c1)/C(=C/c1[nH]c3c(c1C)C(=O)N(CC(C)(O)CN1CCOCC1)CCC3)C(=O)N2. The third-order valence-corrected chi connectivity index (χ3v) is 7.17. The molecule has 0 saturated carbocycles. The summed E-state index contributed by atoms with van der Waals surface area (Å²) in [7, 11) is 2.00. The molecule has 0 aliphatic carbocycles. The second-order valence-corrected chi connectivity index (χ2v) is 10.3. The number of morpholine rings is 1. The average Bonchev–Trinajstić information content (AvgIpc) is 3.23. The van der Waals surface area contributed by atoms with E-state index in [0.29, 0.717) is 37.4 Å². The average molecular weight is 476 g/mol. The highest BCUT2D eigenvalue weighted by atomic mass is 16.5. The molecule has 2 aromatic rings. The zero-order valence-electron chi connectivity index (χ0n) is 20.7. The monoisotopic (exact) mass is 476 g/mol. The lowest BCUT2D eigenvalue weighted by molar-refractivity contribution is -0.110. The van der Waals surface area contributed by atoms with Crippen LogP contribution in [0.25, 0.3) is 11.6 Å². The van der Waals surface area contributed by atoms with Crippen molar-refractivity contribution in [2.24, 2.45) is 0 Å². The molecule has 2 amide bonds. The summed E-state index contributed by atoms with van der Waals surface area (Å²) >= 11 is 0. The van der Waals surface area contributed by atoms with Gasteiger partial charge in [0.1, 0.15) is 7.85 Å². The van der Waals surface area contributed by atoms with E-state index in [0.717, 1.165) is 59.6 Å². The Labute approximate surface area is 206 Å². The fourth-order valence-corrected chi connectivity index (χ4v) is 5.45. The van der Waals surface area contributed by atoms with Crippen LogP contribution in [0.5, 0.6) is 0 Å². The Hall–Kier alpha value is -2.88.